The molecule has 0 atom stereocenters. The molecule has 0 radical (unpaired) electrons. The fourth-order valence-electron chi connectivity index (χ4n) is 0.795. The van der Waals surface area contributed by atoms with Crippen LogP contribution in [0.15, 0.2) is 0 Å². The predicted octanol–water partition coefficient (Wildman–Crippen LogP) is -0.288. The molecule has 1 aliphatic carbocycles. The number of carbonyl (C=O) groups excluding carboxylic acids is 2. The van der Waals surface area contributed by atoms with Gasteiger partial charge in [-0.25, -0.2) is 4.79 Å². The third-order valence-corrected chi connectivity index (χ3v) is 1.95. The van der Waals surface area contributed by atoms with Crippen molar-refractivity contribution in [1.82, 2.24) is 10.6 Å². The zero-order chi connectivity index (χ0) is 10.1. The Kier molecular flexibility index (Phi) is 2.45. The van der Waals surface area contributed by atoms with Crippen LogP contribution in [-0.4, -0.2) is 23.5 Å². The topological polar surface area (TPSA) is 84.2 Å². The van der Waals surface area contributed by atoms with Crippen molar-refractivity contribution in [3.63, 3.8) is 0 Å². The Hall–Kier alpha value is -1.26. The zero-order valence-corrected chi connectivity index (χ0v) is 7.89. The maximum absolute atomic E-state index is 11.2. The van der Waals surface area contributed by atoms with Crippen molar-refractivity contribution in [2.45, 2.75) is 38.3 Å². The van der Waals surface area contributed by atoms with Gasteiger partial charge in [0.1, 0.15) is 5.54 Å². The molecule has 1 saturated carbocycles. The monoisotopic (exact) mass is 185 g/mol. The van der Waals surface area contributed by atoms with Crippen LogP contribution in [0.2, 0.25) is 0 Å². The van der Waals surface area contributed by atoms with E-state index >= 15 is 0 Å². The highest BCUT2D eigenvalue weighted by Gasteiger charge is 2.29. The van der Waals surface area contributed by atoms with Gasteiger partial charge in [-0.3, -0.25) is 4.79 Å². The molecule has 4 N–H and O–H groups in total. The number of primary amides is 1. The number of nitrogens with two attached hydrogens (primary N) is 1. The Morgan fingerprint density at radius 2 is 1.92 bits per heavy atom. The Bertz CT molecular complexity index is 234. The molecule has 1 fully saturated rings. The second kappa shape index (κ2) is 3.24. The fourth-order valence-corrected chi connectivity index (χ4v) is 0.795. The summed E-state index contributed by atoms with van der Waals surface area (Å²) in [5.74, 6) is -0.543. The van der Waals surface area contributed by atoms with Crippen molar-refractivity contribution in [1.29, 1.82) is 0 Å². The van der Waals surface area contributed by atoms with Crippen LogP contribution in [0.4, 0.5) is 4.79 Å². The van der Waals surface area contributed by atoms with Crippen molar-refractivity contribution in [3.05, 3.63) is 0 Å². The van der Waals surface area contributed by atoms with E-state index in [1.54, 1.807) is 13.8 Å². The third kappa shape index (κ3) is 2.93. The lowest BCUT2D eigenvalue weighted by Crippen LogP contribution is -2.56. The van der Waals surface area contributed by atoms with Gasteiger partial charge >= 0.3 is 6.03 Å². The van der Waals surface area contributed by atoms with E-state index in [0.29, 0.717) is 0 Å². The summed E-state index contributed by atoms with van der Waals surface area (Å²) in [5, 5.41) is 5.21. The number of rotatable bonds is 3. The van der Waals surface area contributed by atoms with E-state index in [2.05, 4.69) is 10.6 Å². The van der Waals surface area contributed by atoms with E-state index < -0.39 is 11.4 Å². The lowest BCUT2D eigenvalue weighted by atomic mass is 10.1. The van der Waals surface area contributed by atoms with Crippen LogP contribution in [0.25, 0.3) is 0 Å². The van der Waals surface area contributed by atoms with Crippen LogP contribution in [0.3, 0.4) is 0 Å². The highest BCUT2D eigenvalue weighted by Crippen LogP contribution is 2.18. The largest absolute Gasteiger partial charge is 0.368 e. The van der Waals surface area contributed by atoms with Crippen molar-refractivity contribution in [2.75, 3.05) is 0 Å². The molecule has 5 nitrogen and oxygen atoms in total. The average molecular weight is 185 g/mol. The van der Waals surface area contributed by atoms with Crippen LogP contribution in [-0.2, 0) is 4.79 Å². The standard InChI is InChI=1S/C8H15N3O2/c1-8(2,6(9)12)11-7(13)10-5-3-4-5/h5H,3-4H2,1-2H3,(H2,9,12)(H2,10,11,13). The third-order valence-electron chi connectivity index (χ3n) is 1.95. The molecule has 13 heavy (non-hydrogen) atoms. The van der Waals surface area contributed by atoms with Crippen LogP contribution < -0.4 is 16.4 Å². The highest BCUT2D eigenvalue weighted by molar-refractivity contribution is 5.89. The summed E-state index contributed by atoms with van der Waals surface area (Å²) < 4.78 is 0. The minimum Gasteiger partial charge on any atom is -0.368 e. The summed E-state index contributed by atoms with van der Waals surface area (Å²) in [7, 11) is 0. The maximum Gasteiger partial charge on any atom is 0.315 e. The van der Waals surface area contributed by atoms with Gasteiger partial charge in [-0.2, -0.15) is 0 Å². The smallest absolute Gasteiger partial charge is 0.315 e. The number of carbonyl (C=O) groups is 2. The van der Waals surface area contributed by atoms with E-state index in [-0.39, 0.29) is 12.1 Å². The molecule has 3 amide bonds. The fraction of sp³-hybridized carbons (Fsp3) is 0.750. The summed E-state index contributed by atoms with van der Waals surface area (Å²) >= 11 is 0. The molecule has 0 spiro atoms. The zero-order valence-electron chi connectivity index (χ0n) is 7.89. The van der Waals surface area contributed by atoms with Gasteiger partial charge in [-0.05, 0) is 26.7 Å². The number of hydrogen-bond donors (Lipinski definition) is 3. The predicted molar refractivity (Wildman–Crippen MR) is 48.0 cm³/mol. The Balaban J connectivity index is 2.36. The Morgan fingerprint density at radius 3 is 2.31 bits per heavy atom. The van der Waals surface area contributed by atoms with Crippen molar-refractivity contribution in [3.8, 4) is 0 Å². The van der Waals surface area contributed by atoms with E-state index in [0.717, 1.165) is 12.8 Å². The SMILES string of the molecule is CC(C)(NC(=O)NC1CC1)C(N)=O. The first-order valence-corrected chi connectivity index (χ1v) is 4.30. The lowest BCUT2D eigenvalue weighted by Gasteiger charge is -2.22. The molecule has 0 unspecified atom stereocenters. The van der Waals surface area contributed by atoms with E-state index in [1.165, 1.54) is 0 Å². The van der Waals surface area contributed by atoms with E-state index in [1.807, 2.05) is 0 Å². The quantitative estimate of drug-likeness (QED) is 0.564. The molecule has 74 valence electrons. The number of urea groups is 1. The molecule has 0 aromatic heterocycles. The summed E-state index contributed by atoms with van der Waals surface area (Å²) in [6.07, 6.45) is 2.04. The highest BCUT2D eigenvalue weighted by atomic mass is 16.2. The molecule has 1 rings (SSSR count). The Labute approximate surface area is 77.1 Å². The van der Waals surface area contributed by atoms with Crippen LogP contribution in [0.5, 0.6) is 0 Å². The van der Waals surface area contributed by atoms with Gasteiger partial charge in [0.25, 0.3) is 0 Å². The van der Waals surface area contributed by atoms with Gasteiger partial charge in [0.2, 0.25) is 5.91 Å². The average Bonchev–Trinajstić information content (AvgIpc) is 2.69. The first-order valence-electron chi connectivity index (χ1n) is 4.30. The van der Waals surface area contributed by atoms with Crippen LogP contribution >= 0.6 is 0 Å². The first kappa shape index (κ1) is 9.83. The normalized spacial score (nSPS) is 16.5. The summed E-state index contributed by atoms with van der Waals surface area (Å²) in [6.45, 7) is 3.14. The maximum atomic E-state index is 11.2. The molecule has 0 aromatic carbocycles. The van der Waals surface area contributed by atoms with E-state index in [9.17, 15) is 9.59 Å². The van der Waals surface area contributed by atoms with Gasteiger partial charge in [0.15, 0.2) is 0 Å². The van der Waals surface area contributed by atoms with Crippen molar-refractivity contribution < 1.29 is 9.59 Å². The molecule has 5 heteroatoms. The van der Waals surface area contributed by atoms with Gasteiger partial charge in [-0.1, -0.05) is 0 Å². The van der Waals surface area contributed by atoms with Crippen LogP contribution in [0.1, 0.15) is 26.7 Å². The van der Waals surface area contributed by atoms with Gasteiger partial charge in [-0.15, -0.1) is 0 Å². The molecule has 0 saturated heterocycles. The number of hydrogen-bond acceptors (Lipinski definition) is 2. The number of nitrogens with one attached hydrogen (secondary N) is 2. The summed E-state index contributed by atoms with van der Waals surface area (Å²) in [6, 6.07) is -0.0463. The van der Waals surface area contributed by atoms with Crippen molar-refractivity contribution in [2.24, 2.45) is 5.73 Å². The molecule has 1 aliphatic rings. The van der Waals surface area contributed by atoms with Gasteiger partial charge in [0, 0.05) is 6.04 Å². The second-order valence-corrected chi connectivity index (χ2v) is 3.86. The molecular weight excluding hydrogens is 170 g/mol. The molecule has 0 aromatic rings. The molecular formula is C8H15N3O2. The molecule has 0 aliphatic heterocycles. The van der Waals surface area contributed by atoms with E-state index in [4.69, 9.17) is 5.73 Å². The number of amides is 3. The van der Waals surface area contributed by atoms with Gasteiger partial charge < -0.3 is 16.4 Å². The molecule has 0 bridgehead atoms. The molecule has 0 heterocycles. The van der Waals surface area contributed by atoms with Gasteiger partial charge in [0.05, 0.1) is 0 Å². The minimum atomic E-state index is -0.987. The summed E-state index contributed by atoms with van der Waals surface area (Å²) in [4.78, 5) is 22.0. The summed E-state index contributed by atoms with van der Waals surface area (Å²) in [5.41, 5.74) is 4.10. The second-order valence-electron chi connectivity index (χ2n) is 3.86. The Morgan fingerprint density at radius 1 is 1.38 bits per heavy atom. The lowest BCUT2D eigenvalue weighted by molar-refractivity contribution is -0.122. The van der Waals surface area contributed by atoms with Crippen molar-refractivity contribution >= 4 is 11.9 Å². The minimum absolute atomic E-state index is 0.281. The first-order chi connectivity index (χ1) is 5.92. The van der Waals surface area contributed by atoms with Crippen LogP contribution in [0, 0.1) is 0 Å².